The molecular formula is C24H33N5O3. The molecule has 3 aromatic rings. The molecule has 0 bridgehead atoms. The predicted octanol–water partition coefficient (Wildman–Crippen LogP) is 4.08. The molecule has 0 aliphatic carbocycles. The number of para-hydroxylation sites is 1. The minimum atomic E-state index is -0.187. The van der Waals surface area contributed by atoms with Crippen molar-refractivity contribution in [3.8, 4) is 11.6 Å². The number of nitrogens with one attached hydrogen (secondary N) is 1. The largest absolute Gasteiger partial charge is 0.474 e. The highest BCUT2D eigenvalue weighted by atomic mass is 16.5. The highest BCUT2D eigenvalue weighted by Gasteiger charge is 2.32. The van der Waals surface area contributed by atoms with Gasteiger partial charge in [0.15, 0.2) is 11.3 Å². The summed E-state index contributed by atoms with van der Waals surface area (Å²) in [5.41, 5.74) is 1.06. The second kappa shape index (κ2) is 12.4. The molecule has 2 aromatic heterocycles. The highest BCUT2D eigenvalue weighted by Crippen LogP contribution is 2.24. The quantitative estimate of drug-likeness (QED) is 0.661. The van der Waals surface area contributed by atoms with E-state index in [1.54, 1.807) is 24.7 Å². The first-order chi connectivity index (χ1) is 15.6. The molecular weight excluding hydrogens is 406 g/mol. The molecule has 8 heteroatoms. The Kier molecular flexibility index (Phi) is 9.66. The summed E-state index contributed by atoms with van der Waals surface area (Å²) >= 11 is 0. The zero-order valence-electron chi connectivity index (χ0n) is 19.5. The van der Waals surface area contributed by atoms with Crippen molar-refractivity contribution in [2.75, 3.05) is 6.54 Å². The Morgan fingerprint density at radius 3 is 2.44 bits per heavy atom. The van der Waals surface area contributed by atoms with Crippen molar-refractivity contribution in [2.45, 2.75) is 59.6 Å². The average molecular weight is 440 g/mol. The number of carbonyl (C=O) groups excluding carboxylic acids is 1. The van der Waals surface area contributed by atoms with Crippen LogP contribution in [0.15, 0.2) is 59.8 Å². The van der Waals surface area contributed by atoms with Gasteiger partial charge in [-0.15, -0.1) is 0 Å². The first-order valence-electron chi connectivity index (χ1n) is 11.2. The normalized spacial score (nSPS) is 17.3. The van der Waals surface area contributed by atoms with Gasteiger partial charge in [0.2, 0.25) is 0 Å². The number of hydrogen-bond acceptors (Lipinski definition) is 5. The molecule has 172 valence electrons. The Balaban J connectivity index is 0.000000860. The first kappa shape index (κ1) is 24.8. The van der Waals surface area contributed by atoms with Crippen LogP contribution >= 0.6 is 0 Å². The van der Waals surface area contributed by atoms with E-state index in [2.05, 4.69) is 15.2 Å². The molecule has 32 heavy (non-hydrogen) atoms. The molecule has 3 heterocycles. The van der Waals surface area contributed by atoms with Crippen LogP contribution in [0.4, 0.5) is 0 Å². The van der Waals surface area contributed by atoms with E-state index < -0.39 is 0 Å². The van der Waals surface area contributed by atoms with Gasteiger partial charge in [-0.25, -0.2) is 0 Å². The molecule has 1 aliphatic heterocycles. The number of benzene rings is 1. The van der Waals surface area contributed by atoms with Crippen molar-refractivity contribution < 1.29 is 9.53 Å². The number of carbonyl (C=O) groups is 1. The minimum Gasteiger partial charge on any atom is -0.474 e. The summed E-state index contributed by atoms with van der Waals surface area (Å²) in [6.07, 6.45) is 6.15. The molecule has 0 unspecified atom stereocenters. The number of aromatic nitrogens is 4. The van der Waals surface area contributed by atoms with Crippen LogP contribution in [0.1, 0.15) is 57.8 Å². The van der Waals surface area contributed by atoms with Crippen molar-refractivity contribution in [1.29, 1.82) is 0 Å². The molecule has 0 radical (unpaired) electrons. The molecule has 0 spiro atoms. The summed E-state index contributed by atoms with van der Waals surface area (Å²) in [4.78, 5) is 31.0. The van der Waals surface area contributed by atoms with Crippen LogP contribution in [-0.4, -0.2) is 49.5 Å². The van der Waals surface area contributed by atoms with Crippen LogP contribution in [0, 0.1) is 0 Å². The third-order valence-electron chi connectivity index (χ3n) is 4.91. The highest BCUT2D eigenvalue weighted by molar-refractivity contribution is 5.98. The fourth-order valence-corrected chi connectivity index (χ4v) is 3.45. The van der Waals surface area contributed by atoms with Gasteiger partial charge in [-0.05, 0) is 31.9 Å². The summed E-state index contributed by atoms with van der Waals surface area (Å²) in [5, 5.41) is 8.30. The number of pyridine rings is 1. The molecule has 1 aliphatic rings. The van der Waals surface area contributed by atoms with Gasteiger partial charge in [0.1, 0.15) is 6.10 Å². The predicted molar refractivity (Wildman–Crippen MR) is 125 cm³/mol. The molecule has 0 saturated carbocycles. The monoisotopic (exact) mass is 439 g/mol. The summed E-state index contributed by atoms with van der Waals surface area (Å²) in [6, 6.07) is 10.2. The van der Waals surface area contributed by atoms with Crippen LogP contribution in [-0.2, 0) is 0 Å². The SMILES string of the molecule is CC.CC.C[C@@H]1CC[C@@H](Oc2cc(=O)cc[nH]2)CN1C(=O)c1ccccc1-n1nccn1. The molecule has 4 rings (SSSR count). The zero-order chi connectivity index (χ0) is 23.5. The lowest BCUT2D eigenvalue weighted by atomic mass is 9.99. The van der Waals surface area contributed by atoms with Crippen LogP contribution in [0.25, 0.3) is 5.69 Å². The van der Waals surface area contributed by atoms with Gasteiger partial charge in [0.05, 0.1) is 30.2 Å². The number of H-pyrrole nitrogens is 1. The van der Waals surface area contributed by atoms with E-state index in [4.69, 9.17) is 4.74 Å². The number of hydrogen-bond donors (Lipinski definition) is 1. The van der Waals surface area contributed by atoms with Crippen LogP contribution in [0.5, 0.6) is 5.88 Å². The summed E-state index contributed by atoms with van der Waals surface area (Å²) in [5.74, 6) is 0.329. The number of rotatable bonds is 4. The minimum absolute atomic E-state index is 0.0841. The third kappa shape index (κ3) is 6.06. The standard InChI is InChI=1S/C20H21N5O3.2C2H6/c1-14-6-7-16(28-19-12-15(26)8-9-21-19)13-24(14)20(27)17-4-2-3-5-18(17)25-22-10-11-23-25;2*1-2/h2-5,8-12,14,16H,6-7,13H2,1H3,(H,21,26);2*1-2H3/t14-,16-;;/m1../s1. The fraction of sp³-hybridized carbons (Fsp3) is 0.417. The second-order valence-corrected chi connectivity index (χ2v) is 6.85. The average Bonchev–Trinajstić information content (AvgIpc) is 3.37. The van der Waals surface area contributed by atoms with Crippen LogP contribution in [0.2, 0.25) is 0 Å². The van der Waals surface area contributed by atoms with Gasteiger partial charge >= 0.3 is 0 Å². The maximum atomic E-state index is 13.3. The van der Waals surface area contributed by atoms with Crippen molar-refractivity contribution >= 4 is 5.91 Å². The lowest BCUT2D eigenvalue weighted by molar-refractivity contribution is 0.0372. The maximum Gasteiger partial charge on any atom is 0.256 e. The van der Waals surface area contributed by atoms with E-state index in [1.807, 2.05) is 57.7 Å². The Labute approximate surface area is 189 Å². The number of aromatic amines is 1. The van der Waals surface area contributed by atoms with E-state index in [0.717, 1.165) is 12.8 Å². The summed E-state index contributed by atoms with van der Waals surface area (Å²) < 4.78 is 5.92. The Morgan fingerprint density at radius 2 is 1.75 bits per heavy atom. The first-order valence-corrected chi connectivity index (χ1v) is 11.2. The molecule has 1 fully saturated rings. The van der Waals surface area contributed by atoms with E-state index >= 15 is 0 Å². The van der Waals surface area contributed by atoms with Crippen molar-refractivity contribution in [2.24, 2.45) is 0 Å². The van der Waals surface area contributed by atoms with E-state index in [0.29, 0.717) is 23.7 Å². The van der Waals surface area contributed by atoms with Crippen molar-refractivity contribution in [3.63, 3.8) is 0 Å². The number of amides is 1. The topological polar surface area (TPSA) is 93.1 Å². The third-order valence-corrected chi connectivity index (χ3v) is 4.91. The van der Waals surface area contributed by atoms with Gasteiger partial charge in [-0.2, -0.15) is 15.0 Å². The van der Waals surface area contributed by atoms with E-state index in [1.165, 1.54) is 16.9 Å². The smallest absolute Gasteiger partial charge is 0.256 e. The van der Waals surface area contributed by atoms with Crippen molar-refractivity contribution in [1.82, 2.24) is 24.9 Å². The van der Waals surface area contributed by atoms with Crippen LogP contribution < -0.4 is 10.2 Å². The van der Waals surface area contributed by atoms with E-state index in [9.17, 15) is 9.59 Å². The van der Waals surface area contributed by atoms with Gasteiger partial charge in [0.25, 0.3) is 5.91 Å². The zero-order valence-corrected chi connectivity index (χ0v) is 19.5. The number of nitrogens with zero attached hydrogens (tertiary/aromatic N) is 4. The Bertz CT molecular complexity index is 1020. The molecule has 1 amide bonds. The van der Waals surface area contributed by atoms with Gasteiger partial charge < -0.3 is 14.6 Å². The number of piperidine rings is 1. The molecule has 8 nitrogen and oxygen atoms in total. The van der Waals surface area contributed by atoms with Crippen LogP contribution in [0.3, 0.4) is 0 Å². The molecule has 1 N–H and O–H groups in total. The summed E-state index contributed by atoms with van der Waals surface area (Å²) in [6.45, 7) is 10.5. The molecule has 1 aromatic carbocycles. The van der Waals surface area contributed by atoms with Gasteiger partial charge in [0, 0.05) is 24.4 Å². The molecule has 2 atom stereocenters. The Morgan fingerprint density at radius 1 is 1.06 bits per heavy atom. The maximum absolute atomic E-state index is 13.3. The van der Waals surface area contributed by atoms with Gasteiger partial charge in [-0.1, -0.05) is 39.8 Å². The summed E-state index contributed by atoms with van der Waals surface area (Å²) in [7, 11) is 0. The number of ether oxygens (including phenoxy) is 1. The number of likely N-dealkylation sites (tertiary alicyclic amines) is 1. The van der Waals surface area contributed by atoms with Gasteiger partial charge in [-0.3, -0.25) is 9.59 Å². The lowest BCUT2D eigenvalue weighted by Crippen LogP contribution is -2.49. The fourth-order valence-electron chi connectivity index (χ4n) is 3.45. The molecule has 1 saturated heterocycles. The second-order valence-electron chi connectivity index (χ2n) is 6.85. The Hall–Kier alpha value is -3.42. The van der Waals surface area contributed by atoms with Crippen molar-refractivity contribution in [3.05, 3.63) is 70.8 Å². The lowest BCUT2D eigenvalue weighted by Gasteiger charge is -2.38. The van der Waals surface area contributed by atoms with E-state index in [-0.39, 0.29) is 23.5 Å².